The Hall–Kier alpha value is -2.83. The van der Waals surface area contributed by atoms with Gasteiger partial charge in [-0.1, -0.05) is 5.16 Å². The van der Waals surface area contributed by atoms with Gasteiger partial charge in [0.15, 0.2) is 0 Å². The average molecular weight is 313 g/mol. The van der Waals surface area contributed by atoms with E-state index in [0.717, 1.165) is 39.1 Å². The number of aryl methyl sites for hydroxylation is 3. The quantitative estimate of drug-likeness (QED) is 0.692. The Bertz CT molecular complexity index is 859. The first-order chi connectivity index (χ1) is 11.0. The fourth-order valence-electron chi connectivity index (χ4n) is 2.56. The average Bonchev–Trinajstić information content (AvgIpc) is 3.10. The van der Waals surface area contributed by atoms with Crippen LogP contribution in [0.1, 0.15) is 28.1 Å². The predicted octanol–water partition coefficient (Wildman–Crippen LogP) is 3.11. The van der Waals surface area contributed by atoms with Crippen molar-refractivity contribution < 1.29 is 9.32 Å². The lowest BCUT2D eigenvalue weighted by Gasteiger charge is -2.12. The molecule has 0 aliphatic heterocycles. The molecular formula is C16H19N5O2. The fourth-order valence-corrected chi connectivity index (χ4v) is 2.56. The van der Waals surface area contributed by atoms with E-state index in [2.05, 4.69) is 25.8 Å². The third-order valence-electron chi connectivity index (χ3n) is 4.13. The first kappa shape index (κ1) is 15.1. The highest BCUT2D eigenvalue weighted by atomic mass is 16.5. The molecule has 0 spiro atoms. The van der Waals surface area contributed by atoms with Gasteiger partial charge in [-0.2, -0.15) is 0 Å². The Labute approximate surface area is 133 Å². The topological polar surface area (TPSA) is 95.8 Å². The zero-order valence-electron chi connectivity index (χ0n) is 13.6. The number of rotatable bonds is 3. The minimum Gasteiger partial charge on any atom is -0.361 e. The van der Waals surface area contributed by atoms with Gasteiger partial charge in [-0.05, 0) is 44.9 Å². The number of anilines is 1. The maximum Gasteiger partial charge on any atom is 0.319 e. The minimum atomic E-state index is -0.272. The second kappa shape index (κ2) is 5.75. The molecule has 0 unspecified atom stereocenters. The zero-order valence-corrected chi connectivity index (χ0v) is 13.6. The van der Waals surface area contributed by atoms with Crippen molar-refractivity contribution in [3.63, 3.8) is 0 Å². The second-order valence-corrected chi connectivity index (χ2v) is 5.58. The van der Waals surface area contributed by atoms with Gasteiger partial charge in [-0.25, -0.2) is 9.78 Å². The summed E-state index contributed by atoms with van der Waals surface area (Å²) in [5.41, 5.74) is 6.31. The molecule has 7 heteroatoms. The predicted molar refractivity (Wildman–Crippen MR) is 87.4 cm³/mol. The van der Waals surface area contributed by atoms with Gasteiger partial charge in [0, 0.05) is 17.8 Å². The molecule has 3 N–H and O–H groups in total. The van der Waals surface area contributed by atoms with Crippen LogP contribution < -0.4 is 10.6 Å². The van der Waals surface area contributed by atoms with Crippen LogP contribution in [0.4, 0.5) is 10.5 Å². The zero-order chi connectivity index (χ0) is 16.6. The molecule has 7 nitrogen and oxygen atoms in total. The van der Waals surface area contributed by atoms with Crippen LogP contribution in [0.25, 0.3) is 11.0 Å². The third-order valence-corrected chi connectivity index (χ3v) is 4.13. The molecule has 23 heavy (non-hydrogen) atoms. The summed E-state index contributed by atoms with van der Waals surface area (Å²) in [6.07, 6.45) is 1.65. The number of hydrogen-bond acceptors (Lipinski definition) is 4. The van der Waals surface area contributed by atoms with E-state index in [1.807, 2.05) is 33.8 Å². The molecule has 0 saturated heterocycles. The molecule has 0 saturated carbocycles. The molecule has 3 aromatic rings. The molecule has 3 rings (SSSR count). The van der Waals surface area contributed by atoms with Crippen molar-refractivity contribution >= 4 is 22.8 Å². The van der Waals surface area contributed by atoms with E-state index >= 15 is 0 Å². The number of amides is 2. The summed E-state index contributed by atoms with van der Waals surface area (Å²) in [5.74, 6) is 0.716. The minimum absolute atomic E-state index is 0.272. The van der Waals surface area contributed by atoms with Gasteiger partial charge < -0.3 is 20.1 Å². The summed E-state index contributed by atoms with van der Waals surface area (Å²) in [4.78, 5) is 19.5. The molecule has 2 amide bonds. The normalized spacial score (nSPS) is 11.0. The lowest BCUT2D eigenvalue weighted by Crippen LogP contribution is -2.28. The van der Waals surface area contributed by atoms with E-state index < -0.39 is 0 Å². The van der Waals surface area contributed by atoms with E-state index in [-0.39, 0.29) is 6.03 Å². The highest BCUT2D eigenvalue weighted by molar-refractivity contribution is 5.94. The highest BCUT2D eigenvalue weighted by Crippen LogP contribution is 2.26. The number of benzene rings is 1. The summed E-state index contributed by atoms with van der Waals surface area (Å²) in [7, 11) is 0. The number of hydrogen-bond donors (Lipinski definition) is 3. The van der Waals surface area contributed by atoms with E-state index in [4.69, 9.17) is 4.52 Å². The molecule has 0 radical (unpaired) electrons. The van der Waals surface area contributed by atoms with Gasteiger partial charge in [0.1, 0.15) is 5.76 Å². The van der Waals surface area contributed by atoms with Gasteiger partial charge in [-0.3, -0.25) is 0 Å². The van der Waals surface area contributed by atoms with Crippen molar-refractivity contribution in [3.8, 4) is 0 Å². The molecule has 1 aromatic carbocycles. The first-order valence-corrected chi connectivity index (χ1v) is 7.37. The van der Waals surface area contributed by atoms with Crippen molar-refractivity contribution in [1.29, 1.82) is 0 Å². The molecule has 0 fully saturated rings. The van der Waals surface area contributed by atoms with Gasteiger partial charge in [-0.15, -0.1) is 0 Å². The molecule has 2 aromatic heterocycles. The SMILES string of the molecule is Cc1noc(C)c1CNC(=O)Nc1cc2[nH]cnc2c(C)c1C. The van der Waals surface area contributed by atoms with E-state index in [1.165, 1.54) is 0 Å². The first-order valence-electron chi connectivity index (χ1n) is 7.37. The van der Waals surface area contributed by atoms with Gasteiger partial charge in [0.25, 0.3) is 0 Å². The number of H-pyrrole nitrogens is 1. The lowest BCUT2D eigenvalue weighted by molar-refractivity contribution is 0.251. The molecule has 0 bridgehead atoms. The van der Waals surface area contributed by atoms with Gasteiger partial charge in [0.05, 0.1) is 23.1 Å². The molecule has 120 valence electrons. The number of carbonyl (C=O) groups excluding carboxylic acids is 1. The Kier molecular flexibility index (Phi) is 3.77. The van der Waals surface area contributed by atoms with Crippen molar-refractivity contribution in [3.05, 3.63) is 40.5 Å². The van der Waals surface area contributed by atoms with Crippen LogP contribution in [0.5, 0.6) is 0 Å². The monoisotopic (exact) mass is 313 g/mol. The summed E-state index contributed by atoms with van der Waals surface area (Å²) in [5, 5.41) is 9.59. The van der Waals surface area contributed by atoms with Crippen LogP contribution >= 0.6 is 0 Å². The van der Waals surface area contributed by atoms with Crippen LogP contribution in [-0.2, 0) is 6.54 Å². The number of nitrogens with one attached hydrogen (secondary N) is 3. The van der Waals surface area contributed by atoms with E-state index in [1.54, 1.807) is 6.33 Å². The maximum absolute atomic E-state index is 12.2. The van der Waals surface area contributed by atoms with Gasteiger partial charge in [0.2, 0.25) is 0 Å². The number of imidazole rings is 1. The summed E-state index contributed by atoms with van der Waals surface area (Å²) in [6.45, 7) is 8.01. The van der Waals surface area contributed by atoms with Crippen LogP contribution in [0, 0.1) is 27.7 Å². The molecule has 0 aliphatic rings. The van der Waals surface area contributed by atoms with Crippen LogP contribution in [0.15, 0.2) is 16.9 Å². The van der Waals surface area contributed by atoms with Crippen LogP contribution in [0.2, 0.25) is 0 Å². The van der Waals surface area contributed by atoms with Crippen LogP contribution in [0.3, 0.4) is 0 Å². The maximum atomic E-state index is 12.2. The van der Waals surface area contributed by atoms with Crippen molar-refractivity contribution in [2.45, 2.75) is 34.2 Å². The standard InChI is InChI=1S/C16H19N5O2/c1-8-9(2)15-14(18-7-19-15)5-13(8)20-16(22)17-6-12-10(3)21-23-11(12)4/h5,7H,6H2,1-4H3,(H,18,19)(H2,17,20,22). The number of aromatic amines is 1. The summed E-state index contributed by atoms with van der Waals surface area (Å²) >= 11 is 0. The second-order valence-electron chi connectivity index (χ2n) is 5.58. The molecule has 2 heterocycles. The fraction of sp³-hybridized carbons (Fsp3) is 0.312. The lowest BCUT2D eigenvalue weighted by atomic mass is 10.1. The van der Waals surface area contributed by atoms with Crippen molar-refractivity contribution in [2.75, 3.05) is 5.32 Å². The van der Waals surface area contributed by atoms with Gasteiger partial charge >= 0.3 is 6.03 Å². The van der Waals surface area contributed by atoms with Crippen molar-refractivity contribution in [2.24, 2.45) is 0 Å². The third kappa shape index (κ3) is 2.77. The van der Waals surface area contributed by atoms with Crippen LogP contribution in [-0.4, -0.2) is 21.2 Å². The number of urea groups is 1. The largest absolute Gasteiger partial charge is 0.361 e. The Balaban J connectivity index is 1.74. The van der Waals surface area contributed by atoms with E-state index in [0.29, 0.717) is 12.3 Å². The molecule has 0 aliphatic carbocycles. The van der Waals surface area contributed by atoms with Crippen molar-refractivity contribution in [1.82, 2.24) is 20.4 Å². The number of fused-ring (bicyclic) bond motifs is 1. The van der Waals surface area contributed by atoms with E-state index in [9.17, 15) is 4.79 Å². The Morgan fingerprint density at radius 1 is 1.26 bits per heavy atom. The summed E-state index contributed by atoms with van der Waals surface area (Å²) < 4.78 is 5.09. The smallest absolute Gasteiger partial charge is 0.319 e. The number of nitrogens with zero attached hydrogens (tertiary/aromatic N) is 2. The molecule has 0 atom stereocenters. The Morgan fingerprint density at radius 2 is 2.04 bits per heavy atom. The highest BCUT2D eigenvalue weighted by Gasteiger charge is 2.13. The number of aromatic nitrogens is 3. The summed E-state index contributed by atoms with van der Waals surface area (Å²) in [6, 6.07) is 1.62. The Morgan fingerprint density at radius 3 is 2.74 bits per heavy atom. The molecular weight excluding hydrogens is 294 g/mol. The number of carbonyl (C=O) groups is 1.